The van der Waals surface area contributed by atoms with Crippen LogP contribution < -0.4 is 10.7 Å². The molecule has 0 spiro atoms. The number of anilines is 1. The Kier molecular flexibility index (Phi) is 3.55. The van der Waals surface area contributed by atoms with Crippen molar-refractivity contribution in [2.24, 2.45) is 0 Å². The summed E-state index contributed by atoms with van der Waals surface area (Å²) >= 11 is 0. The Hall–Kier alpha value is -2.10. The fourth-order valence-electron chi connectivity index (χ4n) is 1.52. The summed E-state index contributed by atoms with van der Waals surface area (Å²) in [5.74, 6) is -0.252. The topological polar surface area (TPSA) is 34.0 Å². The highest BCUT2D eigenvalue weighted by molar-refractivity contribution is 5.42. The van der Waals surface area contributed by atoms with E-state index in [2.05, 4.69) is 5.32 Å². The molecule has 17 heavy (non-hydrogen) atoms. The van der Waals surface area contributed by atoms with Gasteiger partial charge in [-0.05, 0) is 18.2 Å². The first-order valence-corrected chi connectivity index (χ1v) is 5.39. The van der Waals surface area contributed by atoms with Gasteiger partial charge in [-0.1, -0.05) is 6.07 Å². The first-order chi connectivity index (χ1) is 8.24. The molecule has 0 aliphatic rings. The fraction of sp³-hybridized carbons (Fsp3) is 0.154. The van der Waals surface area contributed by atoms with Crippen LogP contribution in [0.1, 0.15) is 0 Å². The number of halogens is 1. The maximum absolute atomic E-state index is 12.9. The first-order valence-electron chi connectivity index (χ1n) is 5.39. The van der Waals surface area contributed by atoms with E-state index in [-0.39, 0.29) is 11.2 Å². The molecule has 0 fully saturated rings. The predicted octanol–water partition coefficient (Wildman–Crippen LogP) is 2.10. The van der Waals surface area contributed by atoms with Gasteiger partial charge in [0.25, 0.3) is 0 Å². The second kappa shape index (κ2) is 5.30. The highest BCUT2D eigenvalue weighted by Crippen LogP contribution is 2.08. The van der Waals surface area contributed by atoms with Crippen molar-refractivity contribution in [3.05, 3.63) is 64.8 Å². The van der Waals surface area contributed by atoms with Crippen molar-refractivity contribution < 1.29 is 4.39 Å². The average molecular weight is 232 g/mol. The van der Waals surface area contributed by atoms with Gasteiger partial charge in [0.1, 0.15) is 5.82 Å². The minimum absolute atomic E-state index is 0.000611. The molecular formula is C13H13FN2O. The smallest absolute Gasteiger partial charge is 0.181 e. The third-order valence-corrected chi connectivity index (χ3v) is 2.38. The van der Waals surface area contributed by atoms with Gasteiger partial charge in [0, 0.05) is 43.3 Å². The zero-order valence-electron chi connectivity index (χ0n) is 9.27. The Bertz CT molecular complexity index is 531. The molecule has 2 aromatic rings. The number of aromatic nitrogens is 1. The van der Waals surface area contributed by atoms with E-state index < -0.39 is 0 Å². The maximum Gasteiger partial charge on any atom is 0.181 e. The predicted molar refractivity (Wildman–Crippen MR) is 65.6 cm³/mol. The van der Waals surface area contributed by atoms with E-state index in [1.807, 2.05) is 10.6 Å². The summed E-state index contributed by atoms with van der Waals surface area (Å²) in [6.07, 6.45) is 3.46. The molecule has 0 saturated carbocycles. The number of hydrogen-bond acceptors (Lipinski definition) is 2. The van der Waals surface area contributed by atoms with E-state index in [9.17, 15) is 9.18 Å². The largest absolute Gasteiger partial charge is 0.383 e. The molecule has 0 atom stereocenters. The van der Waals surface area contributed by atoms with E-state index in [0.29, 0.717) is 6.54 Å². The molecule has 0 unspecified atom stereocenters. The lowest BCUT2D eigenvalue weighted by molar-refractivity contribution is 0.628. The van der Waals surface area contributed by atoms with Gasteiger partial charge in [0.15, 0.2) is 5.43 Å². The average Bonchev–Trinajstić information content (AvgIpc) is 2.32. The molecule has 3 nitrogen and oxygen atoms in total. The first kappa shape index (κ1) is 11.4. The van der Waals surface area contributed by atoms with Gasteiger partial charge in [-0.2, -0.15) is 0 Å². The summed E-state index contributed by atoms with van der Waals surface area (Å²) in [5, 5.41) is 3.11. The number of nitrogens with one attached hydrogen (secondary N) is 1. The Morgan fingerprint density at radius 3 is 2.65 bits per heavy atom. The fourth-order valence-corrected chi connectivity index (χ4v) is 1.52. The Labute approximate surface area is 98.5 Å². The van der Waals surface area contributed by atoms with Gasteiger partial charge in [-0.3, -0.25) is 4.79 Å². The van der Waals surface area contributed by atoms with Crippen LogP contribution in [0.3, 0.4) is 0 Å². The summed E-state index contributed by atoms with van der Waals surface area (Å²) in [4.78, 5) is 10.9. The minimum Gasteiger partial charge on any atom is -0.383 e. The van der Waals surface area contributed by atoms with Gasteiger partial charge in [0.2, 0.25) is 0 Å². The third kappa shape index (κ3) is 3.45. The summed E-state index contributed by atoms with van der Waals surface area (Å²) in [7, 11) is 0. The Morgan fingerprint density at radius 2 is 1.94 bits per heavy atom. The van der Waals surface area contributed by atoms with Gasteiger partial charge < -0.3 is 9.88 Å². The van der Waals surface area contributed by atoms with Gasteiger partial charge >= 0.3 is 0 Å². The van der Waals surface area contributed by atoms with Crippen LogP contribution in [0.2, 0.25) is 0 Å². The van der Waals surface area contributed by atoms with E-state index in [1.165, 1.54) is 24.3 Å². The summed E-state index contributed by atoms with van der Waals surface area (Å²) < 4.78 is 14.8. The Balaban J connectivity index is 1.87. The number of benzene rings is 1. The summed E-state index contributed by atoms with van der Waals surface area (Å²) in [5.41, 5.74) is 0.755. The molecule has 0 aliphatic heterocycles. The minimum atomic E-state index is -0.252. The van der Waals surface area contributed by atoms with E-state index in [0.717, 1.165) is 12.2 Å². The molecule has 0 bridgehead atoms. The number of pyridine rings is 1. The lowest BCUT2D eigenvalue weighted by Crippen LogP contribution is -2.12. The Morgan fingerprint density at radius 1 is 1.18 bits per heavy atom. The molecule has 4 heteroatoms. The standard InChI is InChI=1S/C13H13FN2O/c14-11-2-1-3-12(10-11)15-6-9-16-7-4-13(17)5-8-16/h1-5,7-8,10,15H,6,9H2. The van der Waals surface area contributed by atoms with Gasteiger partial charge in [-0.25, -0.2) is 4.39 Å². The maximum atomic E-state index is 12.9. The molecule has 0 amide bonds. The van der Waals surface area contributed by atoms with Crippen LogP contribution in [0.5, 0.6) is 0 Å². The van der Waals surface area contributed by atoms with Crippen molar-refractivity contribution in [1.82, 2.24) is 4.57 Å². The quantitative estimate of drug-likeness (QED) is 0.875. The van der Waals surface area contributed by atoms with Gasteiger partial charge in [-0.15, -0.1) is 0 Å². The van der Waals surface area contributed by atoms with Crippen LogP contribution in [-0.4, -0.2) is 11.1 Å². The summed E-state index contributed by atoms with van der Waals surface area (Å²) in [6, 6.07) is 9.37. The van der Waals surface area contributed by atoms with Crippen molar-refractivity contribution >= 4 is 5.69 Å². The van der Waals surface area contributed by atoms with Crippen LogP contribution in [0, 0.1) is 5.82 Å². The van der Waals surface area contributed by atoms with Crippen LogP contribution in [-0.2, 0) is 6.54 Å². The zero-order chi connectivity index (χ0) is 12.1. The second-order valence-corrected chi connectivity index (χ2v) is 3.71. The van der Waals surface area contributed by atoms with Crippen LogP contribution in [0.4, 0.5) is 10.1 Å². The molecule has 0 saturated heterocycles. The zero-order valence-corrected chi connectivity index (χ0v) is 9.27. The lowest BCUT2D eigenvalue weighted by Gasteiger charge is -2.08. The molecule has 0 radical (unpaired) electrons. The van der Waals surface area contributed by atoms with Crippen molar-refractivity contribution in [3.63, 3.8) is 0 Å². The van der Waals surface area contributed by atoms with Crippen LogP contribution in [0.25, 0.3) is 0 Å². The van der Waals surface area contributed by atoms with Crippen LogP contribution in [0.15, 0.2) is 53.6 Å². The number of hydrogen-bond donors (Lipinski definition) is 1. The third-order valence-electron chi connectivity index (χ3n) is 2.38. The molecule has 0 aliphatic carbocycles. The van der Waals surface area contributed by atoms with Crippen molar-refractivity contribution in [2.75, 3.05) is 11.9 Å². The van der Waals surface area contributed by atoms with E-state index in [4.69, 9.17) is 0 Å². The monoisotopic (exact) mass is 232 g/mol. The molecule has 1 heterocycles. The van der Waals surface area contributed by atoms with Crippen molar-refractivity contribution in [3.8, 4) is 0 Å². The van der Waals surface area contributed by atoms with E-state index in [1.54, 1.807) is 18.5 Å². The van der Waals surface area contributed by atoms with Gasteiger partial charge in [0.05, 0.1) is 0 Å². The molecular weight excluding hydrogens is 219 g/mol. The molecule has 1 aromatic heterocycles. The lowest BCUT2D eigenvalue weighted by atomic mass is 10.3. The van der Waals surface area contributed by atoms with Crippen molar-refractivity contribution in [2.45, 2.75) is 6.54 Å². The second-order valence-electron chi connectivity index (χ2n) is 3.71. The summed E-state index contributed by atoms with van der Waals surface area (Å²) in [6.45, 7) is 1.39. The highest BCUT2D eigenvalue weighted by Gasteiger charge is 1.94. The van der Waals surface area contributed by atoms with Crippen molar-refractivity contribution in [1.29, 1.82) is 0 Å². The van der Waals surface area contributed by atoms with E-state index >= 15 is 0 Å². The molecule has 1 N–H and O–H groups in total. The highest BCUT2D eigenvalue weighted by atomic mass is 19.1. The SMILES string of the molecule is O=c1ccn(CCNc2cccc(F)c2)cc1. The molecule has 2 rings (SSSR count). The number of nitrogens with zero attached hydrogens (tertiary/aromatic N) is 1. The molecule has 1 aromatic carbocycles. The molecule has 88 valence electrons. The normalized spacial score (nSPS) is 10.2. The number of rotatable bonds is 4. The van der Waals surface area contributed by atoms with Crippen LogP contribution >= 0.6 is 0 Å².